The van der Waals surface area contributed by atoms with Gasteiger partial charge >= 0.3 is 11.9 Å². The quantitative estimate of drug-likeness (QED) is 0.439. The highest BCUT2D eigenvalue weighted by molar-refractivity contribution is 7.13. The summed E-state index contributed by atoms with van der Waals surface area (Å²) in [5.41, 5.74) is 0.927. The van der Waals surface area contributed by atoms with E-state index in [0.29, 0.717) is 11.0 Å². The fourth-order valence-corrected chi connectivity index (χ4v) is 2.25. The van der Waals surface area contributed by atoms with E-state index in [1.165, 1.54) is 17.6 Å². The van der Waals surface area contributed by atoms with Crippen LogP contribution in [0.4, 0.5) is 5.13 Å². The van der Waals surface area contributed by atoms with Gasteiger partial charge in [0.15, 0.2) is 5.92 Å². The van der Waals surface area contributed by atoms with E-state index in [1.54, 1.807) is 13.8 Å². The first-order chi connectivity index (χ1) is 9.99. The van der Waals surface area contributed by atoms with Crippen LogP contribution in [0.3, 0.4) is 0 Å². The number of ether oxygens (including phenoxy) is 2. The van der Waals surface area contributed by atoms with Crippen LogP contribution >= 0.6 is 11.3 Å². The number of aromatic nitrogens is 1. The monoisotopic (exact) mass is 312 g/mol. The van der Waals surface area contributed by atoms with E-state index in [2.05, 4.69) is 9.98 Å². The Kier molecular flexibility index (Phi) is 7.01. The third kappa shape index (κ3) is 5.26. The summed E-state index contributed by atoms with van der Waals surface area (Å²) in [7, 11) is 0. The van der Waals surface area contributed by atoms with E-state index >= 15 is 0 Å². The smallest absolute Gasteiger partial charge is 0.325 e. The van der Waals surface area contributed by atoms with Crippen LogP contribution in [0.1, 0.15) is 39.3 Å². The van der Waals surface area contributed by atoms with Gasteiger partial charge in [0.05, 0.1) is 18.9 Å². The summed E-state index contributed by atoms with van der Waals surface area (Å²) < 4.78 is 9.71. The Bertz CT molecular complexity index is 493. The molecule has 1 aromatic rings. The first kappa shape index (κ1) is 17.3. The van der Waals surface area contributed by atoms with Crippen LogP contribution in [0, 0.1) is 5.92 Å². The van der Waals surface area contributed by atoms with Crippen LogP contribution in [0.15, 0.2) is 10.4 Å². The van der Waals surface area contributed by atoms with Crippen molar-refractivity contribution in [3.8, 4) is 0 Å². The maximum absolute atomic E-state index is 11.8. The second-order valence-electron chi connectivity index (χ2n) is 4.47. The van der Waals surface area contributed by atoms with Gasteiger partial charge in [-0.2, -0.15) is 0 Å². The van der Waals surface area contributed by atoms with E-state index < -0.39 is 17.9 Å². The Balaban J connectivity index is 2.85. The van der Waals surface area contributed by atoms with Crippen molar-refractivity contribution in [2.45, 2.75) is 33.6 Å². The number of nitrogens with zero attached hydrogens (tertiary/aromatic N) is 2. The van der Waals surface area contributed by atoms with Crippen molar-refractivity contribution < 1.29 is 19.1 Å². The van der Waals surface area contributed by atoms with Crippen molar-refractivity contribution in [1.29, 1.82) is 0 Å². The molecule has 0 aliphatic heterocycles. The fraction of sp³-hybridized carbons (Fsp3) is 0.571. The van der Waals surface area contributed by atoms with E-state index in [0.717, 1.165) is 5.69 Å². The molecule has 0 aromatic carbocycles. The van der Waals surface area contributed by atoms with E-state index in [1.807, 2.05) is 19.2 Å². The number of hydrogen-bond acceptors (Lipinski definition) is 7. The summed E-state index contributed by atoms with van der Waals surface area (Å²) in [5, 5.41) is 2.40. The van der Waals surface area contributed by atoms with Crippen LogP contribution in [-0.2, 0) is 19.1 Å². The van der Waals surface area contributed by atoms with Crippen molar-refractivity contribution in [3.63, 3.8) is 0 Å². The molecule has 0 atom stereocenters. The molecule has 0 saturated heterocycles. The molecule has 0 bridgehead atoms. The van der Waals surface area contributed by atoms with Crippen molar-refractivity contribution in [3.05, 3.63) is 11.1 Å². The molecule has 116 valence electrons. The van der Waals surface area contributed by atoms with Crippen molar-refractivity contribution in [2.75, 3.05) is 13.2 Å². The number of aliphatic imine (C=N–C) groups is 1. The van der Waals surface area contributed by atoms with Crippen molar-refractivity contribution >= 4 is 34.6 Å². The molecular weight excluding hydrogens is 292 g/mol. The number of esters is 2. The van der Waals surface area contributed by atoms with Crippen LogP contribution < -0.4 is 0 Å². The lowest BCUT2D eigenvalue weighted by molar-refractivity contribution is -0.157. The Labute approximate surface area is 128 Å². The zero-order chi connectivity index (χ0) is 15.8. The molecule has 0 spiro atoms. The summed E-state index contributed by atoms with van der Waals surface area (Å²) >= 11 is 1.36. The first-order valence-electron chi connectivity index (χ1n) is 6.82. The van der Waals surface area contributed by atoms with Gasteiger partial charge in [0.2, 0.25) is 5.13 Å². The minimum absolute atomic E-state index is 0.192. The van der Waals surface area contributed by atoms with Gasteiger partial charge in [-0.3, -0.25) is 9.59 Å². The maximum atomic E-state index is 11.8. The molecule has 0 aliphatic carbocycles. The summed E-state index contributed by atoms with van der Waals surface area (Å²) in [6.07, 6.45) is 1.24. The molecular formula is C14H20N2O4S. The molecule has 0 unspecified atom stereocenters. The molecule has 1 heterocycles. The van der Waals surface area contributed by atoms with Gasteiger partial charge in [-0.1, -0.05) is 13.8 Å². The van der Waals surface area contributed by atoms with Crippen LogP contribution in [0.25, 0.3) is 0 Å². The normalized spacial score (nSPS) is 11.3. The molecule has 1 rings (SSSR count). The molecule has 0 aliphatic rings. The lowest BCUT2D eigenvalue weighted by atomic mass is 10.2. The number of thiazole rings is 1. The average molecular weight is 312 g/mol. The van der Waals surface area contributed by atoms with Gasteiger partial charge < -0.3 is 9.47 Å². The second-order valence-corrected chi connectivity index (χ2v) is 5.31. The molecule has 1 aromatic heterocycles. The van der Waals surface area contributed by atoms with Crippen LogP contribution in [-0.4, -0.2) is 36.4 Å². The van der Waals surface area contributed by atoms with Crippen LogP contribution in [0.2, 0.25) is 0 Å². The lowest BCUT2D eigenvalue weighted by Crippen LogP contribution is -2.29. The van der Waals surface area contributed by atoms with Gasteiger partial charge in [-0.05, 0) is 19.8 Å². The first-order valence-corrected chi connectivity index (χ1v) is 7.70. The van der Waals surface area contributed by atoms with Crippen LogP contribution in [0.5, 0.6) is 0 Å². The molecule has 21 heavy (non-hydrogen) atoms. The van der Waals surface area contributed by atoms with E-state index in [4.69, 9.17) is 9.47 Å². The van der Waals surface area contributed by atoms with Gasteiger partial charge in [0.1, 0.15) is 0 Å². The third-order valence-electron chi connectivity index (χ3n) is 2.52. The van der Waals surface area contributed by atoms with Gasteiger partial charge in [-0.15, -0.1) is 11.3 Å². The Hall–Kier alpha value is -1.76. The lowest BCUT2D eigenvalue weighted by Gasteiger charge is -2.09. The Morgan fingerprint density at radius 2 is 1.86 bits per heavy atom. The highest BCUT2D eigenvalue weighted by atomic mass is 32.1. The largest absolute Gasteiger partial charge is 0.465 e. The molecule has 0 amide bonds. The number of rotatable bonds is 7. The van der Waals surface area contributed by atoms with Gasteiger partial charge in [0, 0.05) is 11.6 Å². The minimum atomic E-state index is -1.16. The summed E-state index contributed by atoms with van der Waals surface area (Å²) in [6.45, 7) is 7.79. The fourth-order valence-electron chi connectivity index (χ4n) is 1.42. The van der Waals surface area contributed by atoms with Crippen molar-refractivity contribution in [2.24, 2.45) is 10.9 Å². The van der Waals surface area contributed by atoms with E-state index in [9.17, 15) is 9.59 Å². The molecule has 7 heteroatoms. The number of carbonyl (C=O) groups is 2. The zero-order valence-electron chi connectivity index (χ0n) is 12.7. The summed E-state index contributed by atoms with van der Waals surface area (Å²) in [6, 6.07) is 0. The molecule has 0 N–H and O–H groups in total. The minimum Gasteiger partial charge on any atom is -0.465 e. The zero-order valence-corrected chi connectivity index (χ0v) is 13.5. The number of hydrogen-bond donors (Lipinski definition) is 0. The molecule has 6 nitrogen and oxygen atoms in total. The Morgan fingerprint density at radius 3 is 2.29 bits per heavy atom. The average Bonchev–Trinajstić information content (AvgIpc) is 2.88. The summed E-state index contributed by atoms with van der Waals surface area (Å²) in [5.74, 6) is -2.19. The Morgan fingerprint density at radius 1 is 1.29 bits per heavy atom. The van der Waals surface area contributed by atoms with Crippen molar-refractivity contribution in [1.82, 2.24) is 4.98 Å². The maximum Gasteiger partial charge on any atom is 0.325 e. The highest BCUT2D eigenvalue weighted by Crippen LogP contribution is 2.23. The molecule has 0 fully saturated rings. The standard InChI is InChI=1S/C14H20N2O4S/c1-5-19-12(17)10(13(18)20-6-2)7-15-14-16-11(8-21-14)9(3)4/h7-10H,5-6H2,1-4H3. The topological polar surface area (TPSA) is 77.9 Å². The third-order valence-corrected chi connectivity index (χ3v) is 3.28. The van der Waals surface area contributed by atoms with Gasteiger partial charge in [0.25, 0.3) is 0 Å². The molecule has 0 radical (unpaired) electrons. The van der Waals surface area contributed by atoms with Gasteiger partial charge in [-0.25, -0.2) is 9.98 Å². The SMILES string of the molecule is CCOC(=O)C(C=Nc1nc(C(C)C)cs1)C(=O)OCC. The number of carbonyl (C=O) groups excluding carboxylic acids is 2. The van der Waals surface area contributed by atoms with E-state index in [-0.39, 0.29) is 13.2 Å². The second kappa shape index (κ2) is 8.51. The highest BCUT2D eigenvalue weighted by Gasteiger charge is 2.27. The predicted molar refractivity (Wildman–Crippen MR) is 81.1 cm³/mol. The summed E-state index contributed by atoms with van der Waals surface area (Å²) in [4.78, 5) is 31.9. The molecule has 0 saturated carbocycles. The predicted octanol–water partition coefficient (Wildman–Crippen LogP) is 2.71.